The Morgan fingerprint density at radius 1 is 1.25 bits per heavy atom. The lowest BCUT2D eigenvalue weighted by molar-refractivity contribution is -0.114. The first-order valence-corrected chi connectivity index (χ1v) is 3.68. The number of allylic oxidation sites excluding steroid dienone is 4. The lowest BCUT2D eigenvalue weighted by Gasteiger charge is -2.00. The Hall–Kier alpha value is -1.51. The van der Waals surface area contributed by atoms with Gasteiger partial charge in [-0.25, -0.2) is 0 Å². The van der Waals surface area contributed by atoms with Crippen LogP contribution in [0.1, 0.15) is 13.8 Å². The molecular weight excluding hydrogens is 152 g/mol. The van der Waals surface area contributed by atoms with Gasteiger partial charge in [-0.05, 0) is 19.9 Å². The number of nitrogens with two attached hydrogens (primary N) is 2. The normalized spacial score (nSPS) is 13.8. The third-order valence-electron chi connectivity index (χ3n) is 1.34. The van der Waals surface area contributed by atoms with Gasteiger partial charge in [-0.1, -0.05) is 18.2 Å². The molecule has 0 heterocycles. The summed E-state index contributed by atoms with van der Waals surface area (Å²) in [6, 6.07) is 0. The summed E-state index contributed by atoms with van der Waals surface area (Å²) in [5.41, 5.74) is 11.4. The minimum absolute atomic E-state index is 0.343. The summed E-state index contributed by atoms with van der Waals surface area (Å²) in [5.74, 6) is -0.510. The van der Waals surface area contributed by atoms with Crippen molar-refractivity contribution in [3.8, 4) is 0 Å². The molecule has 3 heteroatoms. The Bertz CT molecular complexity index is 249. The van der Waals surface area contributed by atoms with E-state index in [9.17, 15) is 4.79 Å². The van der Waals surface area contributed by atoms with Gasteiger partial charge in [0.2, 0.25) is 0 Å². The Balaban J connectivity index is 4.79. The van der Waals surface area contributed by atoms with Crippen molar-refractivity contribution in [3.63, 3.8) is 0 Å². The maximum atomic E-state index is 10.8. The standard InChI is InChI=1S/C9H14N2O/c1-3-5-6-7(9(11)12)8(10)4-2/h3-6H,10H2,1-2H3,(H2,11,12)/b5-3-,7-6+,8-4+. The summed E-state index contributed by atoms with van der Waals surface area (Å²) in [6.45, 7) is 3.60. The zero-order valence-electron chi connectivity index (χ0n) is 7.37. The molecular formula is C9H14N2O. The average molecular weight is 166 g/mol. The van der Waals surface area contributed by atoms with Crippen molar-refractivity contribution < 1.29 is 4.79 Å². The summed E-state index contributed by atoms with van der Waals surface area (Å²) < 4.78 is 0. The molecule has 0 aromatic carbocycles. The van der Waals surface area contributed by atoms with Crippen molar-refractivity contribution in [1.82, 2.24) is 0 Å². The first-order valence-electron chi connectivity index (χ1n) is 3.68. The summed E-state index contributed by atoms with van der Waals surface area (Å²) in [7, 11) is 0. The van der Waals surface area contributed by atoms with Gasteiger partial charge in [0.05, 0.1) is 5.57 Å². The van der Waals surface area contributed by atoms with Crippen LogP contribution in [0.5, 0.6) is 0 Å². The van der Waals surface area contributed by atoms with Crippen LogP contribution in [0.25, 0.3) is 0 Å². The number of carbonyl (C=O) groups is 1. The van der Waals surface area contributed by atoms with E-state index in [1.807, 2.05) is 6.92 Å². The fourth-order valence-corrected chi connectivity index (χ4v) is 0.669. The fraction of sp³-hybridized carbons (Fsp3) is 0.222. The van der Waals surface area contributed by atoms with E-state index < -0.39 is 5.91 Å². The first-order chi connectivity index (χ1) is 5.63. The molecule has 66 valence electrons. The molecule has 0 aliphatic rings. The van der Waals surface area contributed by atoms with E-state index in [1.165, 1.54) is 0 Å². The number of hydrogen-bond acceptors (Lipinski definition) is 2. The number of amides is 1. The molecule has 0 aliphatic heterocycles. The number of carbonyl (C=O) groups excluding carboxylic acids is 1. The van der Waals surface area contributed by atoms with Gasteiger partial charge >= 0.3 is 0 Å². The highest BCUT2D eigenvalue weighted by molar-refractivity contribution is 5.96. The van der Waals surface area contributed by atoms with Crippen LogP contribution < -0.4 is 11.5 Å². The van der Waals surface area contributed by atoms with E-state index in [2.05, 4.69) is 0 Å². The highest BCUT2D eigenvalue weighted by Crippen LogP contribution is 2.02. The van der Waals surface area contributed by atoms with Crippen molar-refractivity contribution in [2.24, 2.45) is 11.5 Å². The van der Waals surface area contributed by atoms with Crippen molar-refractivity contribution in [2.75, 3.05) is 0 Å². The average Bonchev–Trinajstić information content (AvgIpc) is 2.04. The fourth-order valence-electron chi connectivity index (χ4n) is 0.669. The number of hydrogen-bond donors (Lipinski definition) is 2. The van der Waals surface area contributed by atoms with Crippen LogP contribution in [0.15, 0.2) is 35.6 Å². The predicted octanol–water partition coefficient (Wildman–Crippen LogP) is 0.837. The molecule has 0 radical (unpaired) electrons. The van der Waals surface area contributed by atoms with E-state index >= 15 is 0 Å². The number of rotatable bonds is 3. The lowest BCUT2D eigenvalue weighted by Crippen LogP contribution is -2.18. The largest absolute Gasteiger partial charge is 0.398 e. The molecule has 0 aliphatic carbocycles. The van der Waals surface area contributed by atoms with Crippen molar-refractivity contribution in [2.45, 2.75) is 13.8 Å². The molecule has 0 aromatic heterocycles. The van der Waals surface area contributed by atoms with E-state index in [4.69, 9.17) is 11.5 Å². The van der Waals surface area contributed by atoms with E-state index in [0.29, 0.717) is 11.3 Å². The number of primary amides is 1. The van der Waals surface area contributed by atoms with Gasteiger partial charge in [-0.15, -0.1) is 0 Å². The molecule has 0 saturated heterocycles. The molecule has 0 bridgehead atoms. The molecule has 0 saturated carbocycles. The molecule has 0 rings (SSSR count). The van der Waals surface area contributed by atoms with Crippen LogP contribution in [0.4, 0.5) is 0 Å². The molecule has 0 spiro atoms. The van der Waals surface area contributed by atoms with Crippen LogP contribution in [0.2, 0.25) is 0 Å². The molecule has 0 atom stereocenters. The van der Waals surface area contributed by atoms with Crippen molar-refractivity contribution >= 4 is 5.91 Å². The Labute approximate surface area is 72.4 Å². The van der Waals surface area contributed by atoms with Gasteiger partial charge in [0.25, 0.3) is 5.91 Å². The van der Waals surface area contributed by atoms with Crippen LogP contribution in [-0.2, 0) is 4.79 Å². The summed E-state index contributed by atoms with van der Waals surface area (Å²) in [6.07, 6.45) is 6.75. The summed E-state index contributed by atoms with van der Waals surface area (Å²) in [5, 5.41) is 0. The summed E-state index contributed by atoms with van der Waals surface area (Å²) >= 11 is 0. The molecule has 4 N–H and O–H groups in total. The third-order valence-corrected chi connectivity index (χ3v) is 1.34. The minimum Gasteiger partial charge on any atom is -0.398 e. The van der Waals surface area contributed by atoms with Crippen molar-refractivity contribution in [3.05, 3.63) is 35.6 Å². The van der Waals surface area contributed by atoms with Crippen LogP contribution in [0, 0.1) is 0 Å². The lowest BCUT2D eigenvalue weighted by atomic mass is 10.1. The molecule has 0 aromatic rings. The van der Waals surface area contributed by atoms with Crippen LogP contribution in [-0.4, -0.2) is 5.91 Å². The summed E-state index contributed by atoms with van der Waals surface area (Å²) in [4.78, 5) is 10.8. The maximum Gasteiger partial charge on any atom is 0.250 e. The molecule has 1 amide bonds. The highest BCUT2D eigenvalue weighted by atomic mass is 16.1. The van der Waals surface area contributed by atoms with Crippen molar-refractivity contribution in [1.29, 1.82) is 0 Å². The highest BCUT2D eigenvalue weighted by Gasteiger charge is 2.04. The molecule has 12 heavy (non-hydrogen) atoms. The maximum absolute atomic E-state index is 10.8. The van der Waals surface area contributed by atoms with E-state index in [-0.39, 0.29) is 0 Å². The van der Waals surface area contributed by atoms with Crippen LogP contribution in [0.3, 0.4) is 0 Å². The van der Waals surface area contributed by atoms with Gasteiger partial charge in [-0.3, -0.25) is 4.79 Å². The smallest absolute Gasteiger partial charge is 0.250 e. The van der Waals surface area contributed by atoms with Gasteiger partial charge in [0.1, 0.15) is 0 Å². The van der Waals surface area contributed by atoms with E-state index in [0.717, 1.165) is 0 Å². The molecule has 0 unspecified atom stereocenters. The van der Waals surface area contributed by atoms with Crippen LogP contribution >= 0.6 is 0 Å². The molecule has 0 fully saturated rings. The second-order valence-corrected chi connectivity index (χ2v) is 2.21. The zero-order valence-corrected chi connectivity index (χ0v) is 7.37. The first kappa shape index (κ1) is 10.5. The van der Waals surface area contributed by atoms with Gasteiger partial charge in [0, 0.05) is 5.70 Å². The Morgan fingerprint density at radius 2 is 1.83 bits per heavy atom. The van der Waals surface area contributed by atoms with E-state index in [1.54, 1.807) is 31.2 Å². The van der Waals surface area contributed by atoms with Gasteiger partial charge in [-0.2, -0.15) is 0 Å². The second-order valence-electron chi connectivity index (χ2n) is 2.21. The quantitative estimate of drug-likeness (QED) is 0.481. The van der Waals surface area contributed by atoms with Gasteiger partial charge in [0.15, 0.2) is 0 Å². The Morgan fingerprint density at radius 3 is 2.17 bits per heavy atom. The molecule has 3 nitrogen and oxygen atoms in total. The second kappa shape index (κ2) is 5.18. The Kier molecular flexibility index (Phi) is 4.53. The SMILES string of the molecule is C\C=C/C=C(C(N)=O)\C(N)=C/C. The zero-order chi connectivity index (χ0) is 9.56. The third kappa shape index (κ3) is 3.05. The monoisotopic (exact) mass is 166 g/mol. The predicted molar refractivity (Wildman–Crippen MR) is 50.0 cm³/mol. The minimum atomic E-state index is -0.510. The topological polar surface area (TPSA) is 69.1 Å². The van der Waals surface area contributed by atoms with Gasteiger partial charge < -0.3 is 11.5 Å².